The quantitative estimate of drug-likeness (QED) is 0.430. The third kappa shape index (κ3) is 3.66. The summed E-state index contributed by atoms with van der Waals surface area (Å²) in [6.07, 6.45) is 15.8. The standard InChI is InChI=1S/C14H25Cl/c15-14-10-6-5-9-13(11-14)12-7-3-1-2-4-8-12/h12-14H,1-11H2. The Kier molecular flexibility index (Phi) is 4.81. The van der Waals surface area contributed by atoms with Gasteiger partial charge in [0.15, 0.2) is 0 Å². The van der Waals surface area contributed by atoms with Crippen LogP contribution in [-0.2, 0) is 0 Å². The van der Waals surface area contributed by atoms with Crippen molar-refractivity contribution in [2.24, 2.45) is 11.8 Å². The number of hydrogen-bond acceptors (Lipinski definition) is 0. The molecule has 0 heterocycles. The second kappa shape index (κ2) is 6.13. The van der Waals surface area contributed by atoms with Crippen LogP contribution in [0.15, 0.2) is 0 Å². The van der Waals surface area contributed by atoms with Crippen LogP contribution in [0.3, 0.4) is 0 Å². The van der Waals surface area contributed by atoms with Gasteiger partial charge in [-0.25, -0.2) is 0 Å². The lowest BCUT2D eigenvalue weighted by Crippen LogP contribution is -2.16. The van der Waals surface area contributed by atoms with E-state index in [0.29, 0.717) is 5.38 Å². The van der Waals surface area contributed by atoms with Crippen LogP contribution in [0.5, 0.6) is 0 Å². The summed E-state index contributed by atoms with van der Waals surface area (Å²) in [4.78, 5) is 0. The van der Waals surface area contributed by atoms with Crippen LogP contribution in [0.4, 0.5) is 0 Å². The summed E-state index contributed by atoms with van der Waals surface area (Å²) in [6, 6.07) is 0. The topological polar surface area (TPSA) is 0 Å². The molecule has 0 aromatic heterocycles. The highest BCUT2D eigenvalue weighted by atomic mass is 35.5. The maximum Gasteiger partial charge on any atom is 0.0338 e. The van der Waals surface area contributed by atoms with Gasteiger partial charge >= 0.3 is 0 Å². The predicted molar refractivity (Wildman–Crippen MR) is 67.4 cm³/mol. The Morgan fingerprint density at radius 3 is 1.87 bits per heavy atom. The molecule has 0 bridgehead atoms. The van der Waals surface area contributed by atoms with Crippen molar-refractivity contribution in [1.29, 1.82) is 0 Å². The molecule has 15 heavy (non-hydrogen) atoms. The Balaban J connectivity index is 1.88. The third-order valence-corrected chi connectivity index (χ3v) is 4.86. The molecule has 2 rings (SSSR count). The average Bonchev–Trinajstić information content (AvgIpc) is 2.59. The first-order valence-electron chi connectivity index (χ1n) is 7.00. The normalized spacial score (nSPS) is 35.8. The van der Waals surface area contributed by atoms with Gasteiger partial charge in [0.05, 0.1) is 0 Å². The number of rotatable bonds is 1. The highest BCUT2D eigenvalue weighted by Gasteiger charge is 2.26. The summed E-state index contributed by atoms with van der Waals surface area (Å²) >= 11 is 6.38. The summed E-state index contributed by atoms with van der Waals surface area (Å²) in [5, 5.41) is 0.487. The van der Waals surface area contributed by atoms with E-state index in [1.165, 1.54) is 70.6 Å². The molecule has 2 aliphatic carbocycles. The molecule has 0 spiro atoms. The largest absolute Gasteiger partial charge is 0.123 e. The first kappa shape index (κ1) is 11.8. The molecule has 0 aromatic carbocycles. The van der Waals surface area contributed by atoms with E-state index in [-0.39, 0.29) is 0 Å². The molecule has 2 atom stereocenters. The zero-order valence-electron chi connectivity index (χ0n) is 9.89. The molecule has 1 heteroatoms. The Morgan fingerprint density at radius 2 is 1.13 bits per heavy atom. The van der Waals surface area contributed by atoms with E-state index >= 15 is 0 Å². The third-order valence-electron chi connectivity index (χ3n) is 4.47. The van der Waals surface area contributed by atoms with E-state index in [1.807, 2.05) is 0 Å². The summed E-state index contributed by atoms with van der Waals surface area (Å²) in [5.74, 6) is 1.99. The lowest BCUT2D eigenvalue weighted by molar-refractivity contribution is 0.270. The van der Waals surface area contributed by atoms with E-state index in [0.717, 1.165) is 11.8 Å². The zero-order chi connectivity index (χ0) is 10.5. The molecule has 2 unspecified atom stereocenters. The van der Waals surface area contributed by atoms with Crippen molar-refractivity contribution in [3.8, 4) is 0 Å². The van der Waals surface area contributed by atoms with Gasteiger partial charge in [-0.2, -0.15) is 0 Å². The number of alkyl halides is 1. The van der Waals surface area contributed by atoms with Gasteiger partial charge in [0.1, 0.15) is 0 Å². The monoisotopic (exact) mass is 228 g/mol. The molecule has 0 radical (unpaired) electrons. The van der Waals surface area contributed by atoms with Crippen LogP contribution in [0, 0.1) is 11.8 Å². The fourth-order valence-corrected chi connectivity index (χ4v) is 3.93. The molecule has 0 aliphatic heterocycles. The molecule has 2 fully saturated rings. The van der Waals surface area contributed by atoms with Gasteiger partial charge in [0.25, 0.3) is 0 Å². The van der Waals surface area contributed by atoms with E-state index < -0.39 is 0 Å². The van der Waals surface area contributed by atoms with Crippen molar-refractivity contribution in [2.75, 3.05) is 0 Å². The van der Waals surface area contributed by atoms with Crippen LogP contribution in [0.2, 0.25) is 0 Å². The van der Waals surface area contributed by atoms with Crippen molar-refractivity contribution >= 4 is 11.6 Å². The van der Waals surface area contributed by atoms with Gasteiger partial charge in [-0.1, -0.05) is 57.8 Å². The summed E-state index contributed by atoms with van der Waals surface area (Å²) in [5.41, 5.74) is 0. The first-order valence-corrected chi connectivity index (χ1v) is 7.44. The molecule has 0 saturated heterocycles. The Morgan fingerprint density at radius 1 is 0.600 bits per heavy atom. The van der Waals surface area contributed by atoms with E-state index in [4.69, 9.17) is 11.6 Å². The van der Waals surface area contributed by atoms with E-state index in [1.54, 1.807) is 0 Å². The average molecular weight is 229 g/mol. The van der Waals surface area contributed by atoms with Crippen LogP contribution in [-0.4, -0.2) is 5.38 Å². The lowest BCUT2D eigenvalue weighted by Gasteiger charge is -2.25. The van der Waals surface area contributed by atoms with Gasteiger partial charge in [0, 0.05) is 5.38 Å². The Labute approximate surface area is 99.8 Å². The minimum atomic E-state index is 0.487. The van der Waals surface area contributed by atoms with Crippen LogP contribution < -0.4 is 0 Å². The van der Waals surface area contributed by atoms with Crippen molar-refractivity contribution in [3.05, 3.63) is 0 Å². The van der Waals surface area contributed by atoms with Crippen molar-refractivity contribution in [3.63, 3.8) is 0 Å². The Hall–Kier alpha value is 0.290. The maximum absolute atomic E-state index is 6.38. The van der Waals surface area contributed by atoms with Crippen molar-refractivity contribution in [2.45, 2.75) is 76.0 Å². The highest BCUT2D eigenvalue weighted by molar-refractivity contribution is 6.20. The van der Waals surface area contributed by atoms with Crippen molar-refractivity contribution in [1.82, 2.24) is 0 Å². The molecule has 0 aromatic rings. The Bertz CT molecular complexity index is 170. The maximum atomic E-state index is 6.38. The summed E-state index contributed by atoms with van der Waals surface area (Å²) in [7, 11) is 0. The lowest BCUT2D eigenvalue weighted by atomic mass is 9.81. The minimum absolute atomic E-state index is 0.487. The van der Waals surface area contributed by atoms with E-state index in [9.17, 15) is 0 Å². The molecule has 0 nitrogen and oxygen atoms in total. The fraction of sp³-hybridized carbons (Fsp3) is 1.00. The van der Waals surface area contributed by atoms with Gasteiger partial charge < -0.3 is 0 Å². The van der Waals surface area contributed by atoms with Gasteiger partial charge in [-0.05, 0) is 24.7 Å². The molecular formula is C14H25Cl. The van der Waals surface area contributed by atoms with Gasteiger partial charge in [-0.15, -0.1) is 11.6 Å². The highest BCUT2D eigenvalue weighted by Crippen LogP contribution is 2.37. The molecule has 2 saturated carbocycles. The summed E-state index contributed by atoms with van der Waals surface area (Å²) in [6.45, 7) is 0. The molecule has 88 valence electrons. The van der Waals surface area contributed by atoms with Gasteiger partial charge in [-0.3, -0.25) is 0 Å². The van der Waals surface area contributed by atoms with Crippen LogP contribution in [0.1, 0.15) is 70.6 Å². The molecule has 0 N–H and O–H groups in total. The van der Waals surface area contributed by atoms with Gasteiger partial charge in [0.2, 0.25) is 0 Å². The van der Waals surface area contributed by atoms with Crippen molar-refractivity contribution < 1.29 is 0 Å². The fourth-order valence-electron chi connectivity index (χ4n) is 3.55. The summed E-state index contributed by atoms with van der Waals surface area (Å²) < 4.78 is 0. The second-order valence-corrected chi connectivity index (χ2v) is 6.25. The molecule has 0 amide bonds. The minimum Gasteiger partial charge on any atom is -0.123 e. The van der Waals surface area contributed by atoms with Crippen LogP contribution >= 0.6 is 11.6 Å². The predicted octanol–water partition coefficient (Wildman–Crippen LogP) is 5.14. The smallest absolute Gasteiger partial charge is 0.0338 e. The molecular weight excluding hydrogens is 204 g/mol. The SMILES string of the molecule is ClC1CCCCC(C2CCCCCC2)C1. The molecule has 2 aliphatic rings. The van der Waals surface area contributed by atoms with Crippen LogP contribution in [0.25, 0.3) is 0 Å². The second-order valence-electron chi connectivity index (χ2n) is 5.63. The van der Waals surface area contributed by atoms with E-state index in [2.05, 4.69) is 0 Å². The zero-order valence-corrected chi connectivity index (χ0v) is 10.6. The number of halogens is 1. The first-order chi connectivity index (χ1) is 7.36. The number of hydrogen-bond donors (Lipinski definition) is 0.